The van der Waals surface area contributed by atoms with E-state index in [0.717, 1.165) is 0 Å². The monoisotopic (exact) mass is 242 g/mol. The van der Waals surface area contributed by atoms with Gasteiger partial charge in [0.25, 0.3) is 0 Å². The molecule has 1 saturated heterocycles. The van der Waals surface area contributed by atoms with Crippen molar-refractivity contribution in [3.05, 3.63) is 48.0 Å². The highest BCUT2D eigenvalue weighted by Crippen LogP contribution is 2.42. The molecular weight excluding hydrogens is 224 g/mol. The van der Waals surface area contributed by atoms with E-state index < -0.39 is 5.60 Å². The van der Waals surface area contributed by atoms with Gasteiger partial charge in [0.15, 0.2) is 0 Å². The average molecular weight is 242 g/mol. The van der Waals surface area contributed by atoms with Gasteiger partial charge in [0.2, 0.25) is 0 Å². The van der Waals surface area contributed by atoms with Crippen molar-refractivity contribution in [3.8, 4) is 0 Å². The van der Waals surface area contributed by atoms with E-state index >= 15 is 0 Å². The molecule has 0 atom stereocenters. The molecule has 0 unspecified atom stereocenters. The number of fused-ring (bicyclic) bond motifs is 1. The first-order valence-corrected chi connectivity index (χ1v) is 6.32. The zero-order chi connectivity index (χ0) is 12.8. The van der Waals surface area contributed by atoms with Crippen LogP contribution in [-0.2, 0) is 10.2 Å². The summed E-state index contributed by atoms with van der Waals surface area (Å²) < 4.78 is 5.37. The van der Waals surface area contributed by atoms with Crippen LogP contribution in [0.5, 0.6) is 0 Å². The van der Waals surface area contributed by atoms with Gasteiger partial charge in [0, 0.05) is 0 Å². The van der Waals surface area contributed by atoms with E-state index in [2.05, 4.69) is 30.3 Å². The van der Waals surface area contributed by atoms with Gasteiger partial charge >= 0.3 is 0 Å². The Morgan fingerprint density at radius 2 is 1.72 bits per heavy atom. The lowest BCUT2D eigenvalue weighted by Gasteiger charge is -2.50. The van der Waals surface area contributed by atoms with Crippen LogP contribution in [0.2, 0.25) is 0 Å². The molecule has 1 aliphatic rings. The van der Waals surface area contributed by atoms with E-state index in [1.165, 1.54) is 16.3 Å². The first-order chi connectivity index (χ1) is 8.53. The summed E-state index contributed by atoms with van der Waals surface area (Å²) >= 11 is 0. The molecule has 0 bridgehead atoms. The highest BCUT2D eigenvalue weighted by molar-refractivity contribution is 5.83. The Kier molecular flexibility index (Phi) is 2.47. The fourth-order valence-corrected chi connectivity index (χ4v) is 2.67. The van der Waals surface area contributed by atoms with Gasteiger partial charge in [-0.25, -0.2) is 0 Å². The van der Waals surface area contributed by atoms with Crippen LogP contribution < -0.4 is 0 Å². The summed E-state index contributed by atoms with van der Waals surface area (Å²) in [6.45, 7) is 4.92. The van der Waals surface area contributed by atoms with Crippen LogP contribution in [-0.4, -0.2) is 23.9 Å². The number of hydrogen-bond acceptors (Lipinski definition) is 2. The van der Waals surface area contributed by atoms with Crippen LogP contribution >= 0.6 is 0 Å². The van der Waals surface area contributed by atoms with Crippen LogP contribution in [0, 0.1) is 0 Å². The Bertz CT molecular complexity index is 577. The third kappa shape index (κ3) is 1.57. The lowest BCUT2D eigenvalue weighted by Crippen LogP contribution is -2.60. The molecule has 2 nitrogen and oxygen atoms in total. The van der Waals surface area contributed by atoms with Gasteiger partial charge in [-0.05, 0) is 30.2 Å². The van der Waals surface area contributed by atoms with Crippen molar-refractivity contribution in [3.63, 3.8) is 0 Å². The van der Waals surface area contributed by atoms with Gasteiger partial charge < -0.3 is 9.84 Å². The van der Waals surface area contributed by atoms with Gasteiger partial charge in [0.1, 0.15) is 0 Å². The Hall–Kier alpha value is -1.38. The first-order valence-electron chi connectivity index (χ1n) is 6.32. The molecule has 3 rings (SSSR count). The van der Waals surface area contributed by atoms with Crippen molar-refractivity contribution >= 4 is 10.8 Å². The maximum absolute atomic E-state index is 10.4. The number of benzene rings is 2. The van der Waals surface area contributed by atoms with Gasteiger partial charge in [0.05, 0.1) is 24.2 Å². The maximum atomic E-state index is 10.4. The van der Waals surface area contributed by atoms with Crippen LogP contribution in [0.15, 0.2) is 42.5 Å². The summed E-state index contributed by atoms with van der Waals surface area (Å²) in [5, 5.41) is 12.9. The largest absolute Gasteiger partial charge is 0.389 e. The molecule has 2 heteroatoms. The predicted molar refractivity (Wildman–Crippen MR) is 72.7 cm³/mol. The molecule has 0 aliphatic carbocycles. The molecule has 0 saturated carbocycles. The Labute approximate surface area is 107 Å². The lowest BCUT2D eigenvalue weighted by molar-refractivity contribution is -0.157. The van der Waals surface area contributed by atoms with E-state index in [-0.39, 0.29) is 5.41 Å². The van der Waals surface area contributed by atoms with Crippen molar-refractivity contribution < 1.29 is 9.84 Å². The fraction of sp³-hybridized carbons (Fsp3) is 0.375. The zero-order valence-electron chi connectivity index (χ0n) is 10.8. The minimum absolute atomic E-state index is 0.267. The number of hydrogen-bond donors (Lipinski definition) is 1. The molecule has 94 valence electrons. The van der Waals surface area contributed by atoms with Crippen LogP contribution in [0.1, 0.15) is 19.4 Å². The van der Waals surface area contributed by atoms with Gasteiger partial charge in [-0.1, -0.05) is 42.5 Å². The third-order valence-electron chi connectivity index (χ3n) is 4.17. The van der Waals surface area contributed by atoms with Crippen molar-refractivity contribution in [1.29, 1.82) is 0 Å². The standard InChI is InChI=1S/C16H18O2/c1-15(2,17)16(10-18-11-16)14-8-7-12-5-3-4-6-13(12)9-14/h3-9,17H,10-11H2,1-2H3. The minimum Gasteiger partial charge on any atom is -0.389 e. The third-order valence-corrected chi connectivity index (χ3v) is 4.17. The summed E-state index contributed by atoms with van der Waals surface area (Å²) in [6.07, 6.45) is 0. The topological polar surface area (TPSA) is 29.5 Å². The van der Waals surface area contributed by atoms with E-state index in [1.54, 1.807) is 0 Å². The molecule has 2 aromatic carbocycles. The Morgan fingerprint density at radius 1 is 1.06 bits per heavy atom. The molecule has 2 aromatic rings. The Balaban J connectivity index is 2.14. The molecule has 0 aromatic heterocycles. The van der Waals surface area contributed by atoms with Gasteiger partial charge in [-0.3, -0.25) is 0 Å². The molecule has 1 heterocycles. The molecule has 0 spiro atoms. The van der Waals surface area contributed by atoms with E-state index in [4.69, 9.17) is 4.74 Å². The number of rotatable bonds is 2. The Morgan fingerprint density at radius 3 is 2.28 bits per heavy atom. The molecule has 0 amide bonds. The van der Waals surface area contributed by atoms with Gasteiger partial charge in [-0.2, -0.15) is 0 Å². The van der Waals surface area contributed by atoms with E-state index in [9.17, 15) is 5.11 Å². The smallest absolute Gasteiger partial charge is 0.0732 e. The summed E-state index contributed by atoms with van der Waals surface area (Å²) in [6, 6.07) is 14.7. The van der Waals surface area contributed by atoms with Crippen LogP contribution in [0.25, 0.3) is 10.8 Å². The molecule has 1 aliphatic heterocycles. The minimum atomic E-state index is -0.770. The van der Waals surface area contributed by atoms with Crippen molar-refractivity contribution in [2.24, 2.45) is 0 Å². The summed E-state index contributed by atoms with van der Waals surface area (Å²) in [7, 11) is 0. The van der Waals surface area contributed by atoms with Crippen LogP contribution in [0.3, 0.4) is 0 Å². The van der Waals surface area contributed by atoms with Crippen molar-refractivity contribution in [2.45, 2.75) is 24.9 Å². The second kappa shape index (κ2) is 3.81. The highest BCUT2D eigenvalue weighted by Gasteiger charge is 2.51. The molecule has 0 radical (unpaired) electrons. The van der Waals surface area contributed by atoms with Crippen molar-refractivity contribution in [2.75, 3.05) is 13.2 Å². The maximum Gasteiger partial charge on any atom is 0.0732 e. The SMILES string of the molecule is CC(C)(O)C1(c2ccc3ccccc3c2)COC1. The molecule has 1 fully saturated rings. The number of aliphatic hydroxyl groups is 1. The lowest BCUT2D eigenvalue weighted by atomic mass is 9.67. The molecule has 18 heavy (non-hydrogen) atoms. The summed E-state index contributed by atoms with van der Waals surface area (Å²) in [4.78, 5) is 0. The van der Waals surface area contributed by atoms with Crippen LogP contribution in [0.4, 0.5) is 0 Å². The number of ether oxygens (including phenoxy) is 1. The van der Waals surface area contributed by atoms with Gasteiger partial charge in [-0.15, -0.1) is 0 Å². The summed E-state index contributed by atoms with van der Waals surface area (Å²) in [5.41, 5.74) is 0.130. The quantitative estimate of drug-likeness (QED) is 0.877. The first kappa shape index (κ1) is 11.7. The van der Waals surface area contributed by atoms with E-state index in [1.807, 2.05) is 26.0 Å². The summed E-state index contributed by atoms with van der Waals surface area (Å²) in [5.74, 6) is 0. The zero-order valence-corrected chi connectivity index (χ0v) is 10.8. The van der Waals surface area contributed by atoms with Crippen molar-refractivity contribution in [1.82, 2.24) is 0 Å². The molecule has 1 N–H and O–H groups in total. The highest BCUT2D eigenvalue weighted by atomic mass is 16.5. The molecular formula is C16H18O2. The second-order valence-electron chi connectivity index (χ2n) is 5.70. The van der Waals surface area contributed by atoms with E-state index in [0.29, 0.717) is 13.2 Å². The fourth-order valence-electron chi connectivity index (χ4n) is 2.67. The normalized spacial score (nSPS) is 18.6. The average Bonchev–Trinajstić information content (AvgIpc) is 2.25. The predicted octanol–water partition coefficient (Wildman–Crippen LogP) is 2.88. The second-order valence-corrected chi connectivity index (χ2v) is 5.70.